The molecule has 25 heavy (non-hydrogen) atoms. The van der Waals surface area contributed by atoms with Gasteiger partial charge in [-0.3, -0.25) is 4.79 Å². The normalized spacial score (nSPS) is 15.3. The zero-order chi connectivity index (χ0) is 17.6. The second-order valence-corrected chi connectivity index (χ2v) is 8.49. The van der Waals surface area contributed by atoms with Gasteiger partial charge in [0, 0.05) is 37.6 Å². The molecule has 0 radical (unpaired) electrons. The molecule has 1 aliphatic rings. The van der Waals surface area contributed by atoms with Crippen LogP contribution in [0.4, 0.5) is 0 Å². The van der Waals surface area contributed by atoms with Gasteiger partial charge in [-0.15, -0.1) is 21.5 Å². The molecule has 1 aliphatic carbocycles. The summed E-state index contributed by atoms with van der Waals surface area (Å²) >= 11 is 3.23. The van der Waals surface area contributed by atoms with Crippen molar-refractivity contribution < 1.29 is 9.53 Å². The monoisotopic (exact) mass is 380 g/mol. The standard InChI is InChI=1S/C17H24N4O2S2/c1-12(16(22)18-8-4-9-23-2)25-17-20-19-15(21(17)13-6-7-13)11-14-5-3-10-24-14/h3,5,10,12-13H,4,6-9,11H2,1-2H3,(H,18,22)/t12-/m1/s1. The first kappa shape index (κ1) is 18.4. The number of nitrogens with one attached hydrogen (secondary N) is 1. The molecular formula is C17H24N4O2S2. The van der Waals surface area contributed by atoms with E-state index in [-0.39, 0.29) is 11.2 Å². The quantitative estimate of drug-likeness (QED) is 0.507. The molecule has 2 aromatic rings. The van der Waals surface area contributed by atoms with Crippen molar-refractivity contribution in [3.8, 4) is 0 Å². The lowest BCUT2D eigenvalue weighted by atomic mass is 10.3. The average Bonchev–Trinajstić information content (AvgIpc) is 3.16. The topological polar surface area (TPSA) is 69.0 Å². The molecule has 0 bridgehead atoms. The number of nitrogens with zero attached hydrogens (tertiary/aromatic N) is 3. The smallest absolute Gasteiger partial charge is 0.233 e. The van der Waals surface area contributed by atoms with E-state index in [2.05, 4.69) is 37.6 Å². The van der Waals surface area contributed by atoms with E-state index in [1.807, 2.05) is 6.92 Å². The Kier molecular flexibility index (Phi) is 6.50. The number of methoxy groups -OCH3 is 1. The summed E-state index contributed by atoms with van der Waals surface area (Å²) in [6.07, 6.45) is 3.96. The van der Waals surface area contributed by atoms with E-state index in [1.165, 1.54) is 29.5 Å². The van der Waals surface area contributed by atoms with Gasteiger partial charge in [-0.25, -0.2) is 0 Å². The Morgan fingerprint density at radius 2 is 2.36 bits per heavy atom. The maximum absolute atomic E-state index is 12.2. The predicted molar refractivity (Wildman–Crippen MR) is 100 cm³/mol. The Balaban J connectivity index is 1.62. The maximum atomic E-state index is 12.2. The second-order valence-electron chi connectivity index (χ2n) is 6.15. The molecular weight excluding hydrogens is 356 g/mol. The summed E-state index contributed by atoms with van der Waals surface area (Å²) in [6, 6.07) is 4.67. The Labute approximate surface area is 156 Å². The number of carbonyl (C=O) groups excluding carboxylic acids is 1. The average molecular weight is 381 g/mol. The molecule has 8 heteroatoms. The van der Waals surface area contributed by atoms with Crippen molar-refractivity contribution in [2.75, 3.05) is 20.3 Å². The van der Waals surface area contributed by atoms with Crippen LogP contribution in [-0.4, -0.2) is 46.2 Å². The molecule has 0 aliphatic heterocycles. The Hall–Kier alpha value is -1.38. The fourth-order valence-corrected chi connectivity index (χ4v) is 4.22. The van der Waals surface area contributed by atoms with Gasteiger partial charge in [-0.2, -0.15) is 0 Å². The van der Waals surface area contributed by atoms with Crippen LogP contribution < -0.4 is 5.32 Å². The highest BCUT2D eigenvalue weighted by molar-refractivity contribution is 8.00. The lowest BCUT2D eigenvalue weighted by molar-refractivity contribution is -0.120. The molecule has 3 rings (SSSR count). The van der Waals surface area contributed by atoms with E-state index in [9.17, 15) is 4.79 Å². The first-order valence-electron chi connectivity index (χ1n) is 8.58. The number of amides is 1. The van der Waals surface area contributed by atoms with Crippen LogP contribution >= 0.6 is 23.1 Å². The van der Waals surface area contributed by atoms with E-state index in [4.69, 9.17) is 4.74 Å². The molecule has 6 nitrogen and oxygen atoms in total. The number of aromatic nitrogens is 3. The number of rotatable bonds is 10. The number of hydrogen-bond acceptors (Lipinski definition) is 6. The summed E-state index contributed by atoms with van der Waals surface area (Å²) in [6.45, 7) is 3.21. The minimum atomic E-state index is -0.196. The van der Waals surface area contributed by atoms with Crippen LogP contribution in [0.1, 0.15) is 42.9 Å². The minimum absolute atomic E-state index is 0.0336. The van der Waals surface area contributed by atoms with Gasteiger partial charge in [0.25, 0.3) is 0 Å². The van der Waals surface area contributed by atoms with Gasteiger partial charge in [-0.05, 0) is 37.6 Å². The summed E-state index contributed by atoms with van der Waals surface area (Å²) in [4.78, 5) is 13.5. The molecule has 0 saturated heterocycles. The molecule has 1 amide bonds. The third-order valence-corrected chi connectivity index (χ3v) is 5.97. The number of thioether (sulfide) groups is 1. The van der Waals surface area contributed by atoms with E-state index in [1.54, 1.807) is 18.4 Å². The Morgan fingerprint density at radius 1 is 1.52 bits per heavy atom. The van der Waals surface area contributed by atoms with Crippen molar-refractivity contribution in [3.63, 3.8) is 0 Å². The molecule has 136 valence electrons. The van der Waals surface area contributed by atoms with Crippen LogP contribution in [0, 0.1) is 0 Å². The maximum Gasteiger partial charge on any atom is 0.233 e. The highest BCUT2D eigenvalue weighted by Crippen LogP contribution is 2.40. The molecule has 1 saturated carbocycles. The van der Waals surface area contributed by atoms with E-state index in [0.717, 1.165) is 23.8 Å². The first-order chi connectivity index (χ1) is 12.2. The van der Waals surface area contributed by atoms with Gasteiger partial charge in [0.15, 0.2) is 5.16 Å². The SMILES string of the molecule is COCCCNC(=O)[C@@H](C)Sc1nnc(Cc2cccs2)n1C1CC1. The number of ether oxygens (including phenoxy) is 1. The van der Waals surface area contributed by atoms with Gasteiger partial charge in [0.2, 0.25) is 5.91 Å². The van der Waals surface area contributed by atoms with Gasteiger partial charge in [0.05, 0.1) is 5.25 Å². The Morgan fingerprint density at radius 3 is 3.04 bits per heavy atom. The van der Waals surface area contributed by atoms with Crippen molar-refractivity contribution in [3.05, 3.63) is 28.2 Å². The molecule has 2 aromatic heterocycles. The minimum Gasteiger partial charge on any atom is -0.385 e. The van der Waals surface area contributed by atoms with Crippen LogP contribution in [0.15, 0.2) is 22.7 Å². The second kappa shape index (κ2) is 8.82. The Bertz CT molecular complexity index is 683. The molecule has 1 atom stereocenters. The largest absolute Gasteiger partial charge is 0.385 e. The summed E-state index contributed by atoms with van der Waals surface area (Å²) < 4.78 is 7.23. The number of thiophene rings is 1. The third kappa shape index (κ3) is 5.05. The van der Waals surface area contributed by atoms with Crippen molar-refractivity contribution in [2.45, 2.75) is 49.1 Å². The lowest BCUT2D eigenvalue weighted by Gasteiger charge is -2.13. The van der Waals surface area contributed by atoms with Gasteiger partial charge in [0.1, 0.15) is 5.82 Å². The fourth-order valence-electron chi connectivity index (χ4n) is 2.56. The third-order valence-electron chi connectivity index (χ3n) is 4.04. The molecule has 0 spiro atoms. The van der Waals surface area contributed by atoms with Crippen LogP contribution in [0.3, 0.4) is 0 Å². The van der Waals surface area contributed by atoms with Crippen molar-refractivity contribution >= 4 is 29.0 Å². The van der Waals surface area contributed by atoms with Crippen LogP contribution in [0.2, 0.25) is 0 Å². The fraction of sp³-hybridized carbons (Fsp3) is 0.588. The van der Waals surface area contributed by atoms with Gasteiger partial charge < -0.3 is 14.6 Å². The molecule has 2 heterocycles. The van der Waals surface area contributed by atoms with Gasteiger partial charge in [-0.1, -0.05) is 17.8 Å². The summed E-state index contributed by atoms with van der Waals surface area (Å²) in [5.41, 5.74) is 0. The lowest BCUT2D eigenvalue weighted by Crippen LogP contribution is -2.32. The molecule has 0 aromatic carbocycles. The summed E-state index contributed by atoms with van der Waals surface area (Å²) in [5.74, 6) is 1.03. The number of hydrogen-bond donors (Lipinski definition) is 1. The molecule has 1 N–H and O–H groups in total. The van der Waals surface area contributed by atoms with Gasteiger partial charge >= 0.3 is 0 Å². The summed E-state index contributed by atoms with van der Waals surface area (Å²) in [7, 11) is 1.67. The van der Waals surface area contributed by atoms with Crippen molar-refractivity contribution in [2.24, 2.45) is 0 Å². The number of carbonyl (C=O) groups is 1. The zero-order valence-electron chi connectivity index (χ0n) is 14.6. The van der Waals surface area contributed by atoms with Crippen LogP contribution in [0.25, 0.3) is 0 Å². The highest BCUT2D eigenvalue weighted by atomic mass is 32.2. The van der Waals surface area contributed by atoms with E-state index >= 15 is 0 Å². The highest BCUT2D eigenvalue weighted by Gasteiger charge is 2.31. The summed E-state index contributed by atoms with van der Waals surface area (Å²) in [5, 5.41) is 14.5. The van der Waals surface area contributed by atoms with Crippen molar-refractivity contribution in [1.29, 1.82) is 0 Å². The predicted octanol–water partition coefficient (Wildman–Crippen LogP) is 2.90. The van der Waals surface area contributed by atoms with E-state index in [0.29, 0.717) is 19.2 Å². The molecule has 1 fully saturated rings. The first-order valence-corrected chi connectivity index (χ1v) is 10.3. The van der Waals surface area contributed by atoms with Crippen molar-refractivity contribution in [1.82, 2.24) is 20.1 Å². The van der Waals surface area contributed by atoms with Crippen LogP contribution in [-0.2, 0) is 16.0 Å². The zero-order valence-corrected chi connectivity index (χ0v) is 16.2. The van der Waals surface area contributed by atoms with Crippen LogP contribution in [0.5, 0.6) is 0 Å². The molecule has 0 unspecified atom stereocenters. The van der Waals surface area contributed by atoms with E-state index < -0.39 is 0 Å².